The SMILES string of the molecule is Cc1cc(C2(O)Cc3ccccc3C2=O)cc(C)c1O. The standard InChI is InChI=1S/C17H16O3/c1-10-7-13(8-11(2)15(10)18)17(20)9-12-5-3-4-6-14(12)16(17)19/h3-8,18,20H,9H2,1-2H3. The van der Waals surface area contributed by atoms with E-state index in [-0.39, 0.29) is 18.0 Å². The highest BCUT2D eigenvalue weighted by Crippen LogP contribution is 2.39. The zero-order valence-corrected chi connectivity index (χ0v) is 11.5. The van der Waals surface area contributed by atoms with Crippen LogP contribution in [0.25, 0.3) is 0 Å². The summed E-state index contributed by atoms with van der Waals surface area (Å²) in [4.78, 5) is 12.5. The van der Waals surface area contributed by atoms with Gasteiger partial charge in [-0.3, -0.25) is 4.79 Å². The molecule has 0 saturated carbocycles. The lowest BCUT2D eigenvalue weighted by Gasteiger charge is -2.22. The van der Waals surface area contributed by atoms with E-state index in [9.17, 15) is 15.0 Å². The van der Waals surface area contributed by atoms with Gasteiger partial charge in [-0.05, 0) is 48.2 Å². The lowest BCUT2D eigenvalue weighted by Crippen LogP contribution is -2.32. The number of phenolic OH excluding ortho intramolecular Hbond substituents is 1. The number of hydrogen-bond acceptors (Lipinski definition) is 3. The first-order valence-corrected chi connectivity index (χ1v) is 6.59. The van der Waals surface area contributed by atoms with Crippen LogP contribution in [0.15, 0.2) is 36.4 Å². The lowest BCUT2D eigenvalue weighted by atomic mass is 9.87. The number of aromatic hydroxyl groups is 1. The Morgan fingerprint density at radius 1 is 1.10 bits per heavy atom. The molecule has 0 heterocycles. The molecule has 1 aliphatic carbocycles. The Morgan fingerprint density at radius 2 is 1.70 bits per heavy atom. The molecule has 0 saturated heterocycles. The van der Waals surface area contributed by atoms with Crippen molar-refractivity contribution in [2.45, 2.75) is 25.9 Å². The average molecular weight is 268 g/mol. The molecule has 3 nitrogen and oxygen atoms in total. The molecule has 3 rings (SSSR count). The van der Waals surface area contributed by atoms with Crippen LogP contribution >= 0.6 is 0 Å². The summed E-state index contributed by atoms with van der Waals surface area (Å²) in [5.74, 6) is -0.0575. The summed E-state index contributed by atoms with van der Waals surface area (Å²) in [5.41, 5.74) is 1.80. The van der Waals surface area contributed by atoms with Crippen LogP contribution < -0.4 is 0 Å². The molecule has 0 spiro atoms. The van der Waals surface area contributed by atoms with Gasteiger partial charge in [-0.25, -0.2) is 0 Å². The summed E-state index contributed by atoms with van der Waals surface area (Å²) in [5, 5.41) is 20.7. The third-order valence-corrected chi connectivity index (χ3v) is 4.05. The van der Waals surface area contributed by atoms with Crippen molar-refractivity contribution < 1.29 is 15.0 Å². The normalized spacial score (nSPS) is 21.1. The smallest absolute Gasteiger partial charge is 0.199 e. The van der Waals surface area contributed by atoms with Crippen LogP contribution in [-0.2, 0) is 12.0 Å². The molecule has 0 bridgehead atoms. The van der Waals surface area contributed by atoms with Gasteiger partial charge in [0.2, 0.25) is 0 Å². The molecule has 2 aromatic rings. The van der Waals surface area contributed by atoms with Gasteiger partial charge in [0.15, 0.2) is 11.4 Å². The van der Waals surface area contributed by atoms with Crippen LogP contribution in [0.5, 0.6) is 5.75 Å². The van der Waals surface area contributed by atoms with E-state index < -0.39 is 5.60 Å². The monoisotopic (exact) mass is 268 g/mol. The second-order valence-corrected chi connectivity index (χ2v) is 5.48. The largest absolute Gasteiger partial charge is 0.507 e. The van der Waals surface area contributed by atoms with Crippen molar-refractivity contribution in [3.05, 3.63) is 64.2 Å². The molecule has 1 unspecified atom stereocenters. The Morgan fingerprint density at radius 3 is 2.30 bits per heavy atom. The maximum atomic E-state index is 12.5. The van der Waals surface area contributed by atoms with E-state index in [1.807, 2.05) is 12.1 Å². The minimum Gasteiger partial charge on any atom is -0.507 e. The first-order valence-electron chi connectivity index (χ1n) is 6.59. The van der Waals surface area contributed by atoms with Crippen LogP contribution in [0.3, 0.4) is 0 Å². The average Bonchev–Trinajstić information content (AvgIpc) is 2.69. The van der Waals surface area contributed by atoms with Gasteiger partial charge < -0.3 is 10.2 Å². The van der Waals surface area contributed by atoms with E-state index in [0.717, 1.165) is 5.56 Å². The first kappa shape index (κ1) is 12.9. The zero-order valence-electron chi connectivity index (χ0n) is 11.5. The highest BCUT2D eigenvalue weighted by molar-refractivity contribution is 6.07. The third-order valence-electron chi connectivity index (χ3n) is 4.05. The summed E-state index contributed by atoms with van der Waals surface area (Å²) in [6.45, 7) is 3.53. The molecule has 0 radical (unpaired) electrons. The summed E-state index contributed by atoms with van der Waals surface area (Å²) in [7, 11) is 0. The molecule has 0 aromatic heterocycles. The minimum atomic E-state index is -1.52. The van der Waals surface area contributed by atoms with Gasteiger partial charge in [0.1, 0.15) is 5.75 Å². The molecule has 20 heavy (non-hydrogen) atoms. The number of fused-ring (bicyclic) bond motifs is 1. The summed E-state index contributed by atoms with van der Waals surface area (Å²) in [6.07, 6.45) is 0.283. The van der Waals surface area contributed by atoms with Crippen LogP contribution in [-0.4, -0.2) is 16.0 Å². The predicted molar refractivity (Wildman–Crippen MR) is 76.0 cm³/mol. The highest BCUT2D eigenvalue weighted by Gasteiger charge is 2.45. The van der Waals surface area contributed by atoms with Crippen LogP contribution in [0.2, 0.25) is 0 Å². The van der Waals surface area contributed by atoms with Crippen molar-refractivity contribution in [3.63, 3.8) is 0 Å². The lowest BCUT2D eigenvalue weighted by molar-refractivity contribution is 0.0355. The van der Waals surface area contributed by atoms with Gasteiger partial charge in [-0.1, -0.05) is 24.3 Å². The van der Waals surface area contributed by atoms with E-state index in [1.165, 1.54) is 0 Å². The Kier molecular flexibility index (Phi) is 2.69. The fourth-order valence-corrected chi connectivity index (χ4v) is 2.90. The third kappa shape index (κ3) is 1.67. The Labute approximate surface area is 117 Å². The second-order valence-electron chi connectivity index (χ2n) is 5.48. The fourth-order valence-electron chi connectivity index (χ4n) is 2.90. The van der Waals surface area contributed by atoms with Crippen molar-refractivity contribution in [2.24, 2.45) is 0 Å². The number of Topliss-reactive ketones (excluding diaryl/α,β-unsaturated/α-hetero) is 1. The van der Waals surface area contributed by atoms with Crippen LogP contribution in [0, 0.1) is 13.8 Å². The number of aryl methyl sites for hydroxylation is 2. The number of phenols is 1. The van der Waals surface area contributed by atoms with E-state index in [0.29, 0.717) is 22.3 Å². The Bertz CT molecular complexity index is 695. The number of aliphatic hydroxyl groups is 1. The molecule has 2 N–H and O–H groups in total. The van der Waals surface area contributed by atoms with E-state index in [1.54, 1.807) is 38.1 Å². The van der Waals surface area contributed by atoms with E-state index in [4.69, 9.17) is 0 Å². The second kappa shape index (κ2) is 4.18. The molecule has 1 aliphatic rings. The maximum Gasteiger partial charge on any atom is 0.199 e. The minimum absolute atomic E-state index is 0.209. The number of carbonyl (C=O) groups is 1. The van der Waals surface area contributed by atoms with E-state index >= 15 is 0 Å². The summed E-state index contributed by atoms with van der Waals surface area (Å²) >= 11 is 0. The molecule has 0 fully saturated rings. The first-order chi connectivity index (χ1) is 9.43. The molecule has 1 atom stereocenters. The topological polar surface area (TPSA) is 57.5 Å². The van der Waals surface area contributed by atoms with Gasteiger partial charge >= 0.3 is 0 Å². The highest BCUT2D eigenvalue weighted by atomic mass is 16.3. The Balaban J connectivity index is 2.14. The predicted octanol–water partition coefficient (Wildman–Crippen LogP) is 2.64. The molecule has 0 aliphatic heterocycles. The molecule has 2 aromatic carbocycles. The van der Waals surface area contributed by atoms with Crippen LogP contribution in [0.4, 0.5) is 0 Å². The van der Waals surface area contributed by atoms with Crippen molar-refractivity contribution >= 4 is 5.78 Å². The molecular weight excluding hydrogens is 252 g/mol. The van der Waals surface area contributed by atoms with Crippen molar-refractivity contribution in [1.82, 2.24) is 0 Å². The van der Waals surface area contributed by atoms with Gasteiger partial charge in [0, 0.05) is 12.0 Å². The van der Waals surface area contributed by atoms with Crippen molar-refractivity contribution in [1.29, 1.82) is 0 Å². The van der Waals surface area contributed by atoms with E-state index in [2.05, 4.69) is 0 Å². The van der Waals surface area contributed by atoms with Gasteiger partial charge in [0.05, 0.1) is 0 Å². The van der Waals surface area contributed by atoms with Gasteiger partial charge in [-0.2, -0.15) is 0 Å². The number of carbonyl (C=O) groups excluding carboxylic acids is 1. The van der Waals surface area contributed by atoms with Gasteiger partial charge in [0.25, 0.3) is 0 Å². The van der Waals surface area contributed by atoms with Crippen molar-refractivity contribution in [2.75, 3.05) is 0 Å². The van der Waals surface area contributed by atoms with Gasteiger partial charge in [-0.15, -0.1) is 0 Å². The summed E-state index contributed by atoms with van der Waals surface area (Å²) in [6, 6.07) is 10.7. The quantitative estimate of drug-likeness (QED) is 0.836. The molecule has 0 amide bonds. The number of hydrogen-bond donors (Lipinski definition) is 2. The Hall–Kier alpha value is -2.13. The number of rotatable bonds is 1. The van der Waals surface area contributed by atoms with Crippen molar-refractivity contribution in [3.8, 4) is 5.75 Å². The fraction of sp³-hybridized carbons (Fsp3) is 0.235. The molecule has 3 heteroatoms. The molecular formula is C17H16O3. The number of ketones is 1. The molecule has 102 valence electrons. The zero-order chi connectivity index (χ0) is 14.5. The number of benzene rings is 2. The summed E-state index contributed by atoms with van der Waals surface area (Å²) < 4.78 is 0. The maximum absolute atomic E-state index is 12.5. The van der Waals surface area contributed by atoms with Crippen LogP contribution in [0.1, 0.15) is 32.6 Å².